The maximum absolute atomic E-state index is 11.8. The van der Waals surface area contributed by atoms with Gasteiger partial charge in [-0.15, -0.1) is 0 Å². The summed E-state index contributed by atoms with van der Waals surface area (Å²) in [6.45, 7) is 2.20. The van der Waals surface area contributed by atoms with E-state index < -0.39 is 11.8 Å². The minimum atomic E-state index is -0.699. The van der Waals surface area contributed by atoms with Crippen LogP contribution in [0.25, 0.3) is 0 Å². The Hall–Kier alpha value is -2.21. The molecule has 0 saturated heterocycles. The molecule has 21 heavy (non-hydrogen) atoms. The van der Waals surface area contributed by atoms with E-state index in [1.807, 2.05) is 19.1 Å². The van der Waals surface area contributed by atoms with Gasteiger partial charge in [0.05, 0.1) is 0 Å². The topological polar surface area (TPSA) is 71.1 Å². The number of hydrogen-bond donors (Lipinski definition) is 2. The van der Waals surface area contributed by atoms with Crippen molar-refractivity contribution in [2.75, 3.05) is 5.32 Å². The Labute approximate surface area is 130 Å². The maximum Gasteiger partial charge on any atom is 0.313 e. The first-order valence-corrected chi connectivity index (χ1v) is 7.10. The van der Waals surface area contributed by atoms with Crippen molar-refractivity contribution in [2.45, 2.75) is 13.5 Å². The van der Waals surface area contributed by atoms with Crippen molar-refractivity contribution in [3.63, 3.8) is 0 Å². The quantitative estimate of drug-likeness (QED) is 0.837. The monoisotopic (exact) mass is 347 g/mol. The molecule has 2 amide bonds. The van der Waals surface area contributed by atoms with Crippen molar-refractivity contribution in [1.82, 2.24) is 10.3 Å². The first-order valence-electron chi connectivity index (χ1n) is 6.30. The predicted molar refractivity (Wildman–Crippen MR) is 83.6 cm³/mol. The third kappa shape index (κ3) is 4.39. The van der Waals surface area contributed by atoms with Crippen molar-refractivity contribution in [3.05, 3.63) is 58.3 Å². The zero-order chi connectivity index (χ0) is 15.2. The number of nitrogens with one attached hydrogen (secondary N) is 2. The van der Waals surface area contributed by atoms with Crippen molar-refractivity contribution in [2.24, 2.45) is 0 Å². The molecule has 2 rings (SSSR count). The number of halogens is 1. The Morgan fingerprint density at radius 1 is 1.24 bits per heavy atom. The lowest BCUT2D eigenvalue weighted by molar-refractivity contribution is -0.136. The lowest BCUT2D eigenvalue weighted by atomic mass is 10.2. The highest BCUT2D eigenvalue weighted by atomic mass is 79.9. The first kappa shape index (κ1) is 15.2. The van der Waals surface area contributed by atoms with Gasteiger partial charge >= 0.3 is 11.8 Å². The molecule has 2 N–H and O–H groups in total. The van der Waals surface area contributed by atoms with Gasteiger partial charge in [-0.25, -0.2) is 0 Å². The highest BCUT2D eigenvalue weighted by molar-refractivity contribution is 9.10. The van der Waals surface area contributed by atoms with Crippen LogP contribution in [0, 0.1) is 6.92 Å². The smallest absolute Gasteiger partial charge is 0.313 e. The van der Waals surface area contributed by atoms with E-state index in [0.29, 0.717) is 5.69 Å². The van der Waals surface area contributed by atoms with Crippen LogP contribution >= 0.6 is 15.9 Å². The number of aromatic nitrogens is 1. The molecule has 6 heteroatoms. The summed E-state index contributed by atoms with van der Waals surface area (Å²) in [7, 11) is 0. The van der Waals surface area contributed by atoms with E-state index in [2.05, 4.69) is 31.5 Å². The summed E-state index contributed by atoms with van der Waals surface area (Å²) >= 11 is 3.38. The van der Waals surface area contributed by atoms with Crippen LogP contribution in [0.15, 0.2) is 47.2 Å². The zero-order valence-corrected chi connectivity index (χ0v) is 13.0. The van der Waals surface area contributed by atoms with Crippen molar-refractivity contribution < 1.29 is 9.59 Å². The molecule has 1 aromatic carbocycles. The van der Waals surface area contributed by atoms with Gasteiger partial charge in [0.1, 0.15) is 0 Å². The van der Waals surface area contributed by atoms with Crippen molar-refractivity contribution >= 4 is 33.4 Å². The molecule has 0 aliphatic carbocycles. The molecule has 1 aromatic heterocycles. The Morgan fingerprint density at radius 3 is 2.71 bits per heavy atom. The number of hydrogen-bond acceptors (Lipinski definition) is 3. The van der Waals surface area contributed by atoms with Gasteiger partial charge < -0.3 is 10.6 Å². The Bertz CT molecular complexity index is 659. The molecule has 0 aliphatic heterocycles. The van der Waals surface area contributed by atoms with E-state index in [0.717, 1.165) is 15.6 Å². The third-order valence-corrected chi connectivity index (χ3v) is 3.67. The average Bonchev–Trinajstić information content (AvgIpc) is 2.49. The molecule has 0 aliphatic rings. The molecular weight excluding hydrogens is 334 g/mol. The van der Waals surface area contributed by atoms with Gasteiger partial charge in [0, 0.05) is 29.1 Å². The average molecular weight is 348 g/mol. The number of carbonyl (C=O) groups excluding carboxylic acids is 2. The lowest BCUT2D eigenvalue weighted by Crippen LogP contribution is -2.34. The van der Waals surface area contributed by atoms with Gasteiger partial charge in [-0.2, -0.15) is 0 Å². The number of pyridine rings is 1. The van der Waals surface area contributed by atoms with Gasteiger partial charge in [0.2, 0.25) is 0 Å². The van der Waals surface area contributed by atoms with Crippen LogP contribution in [-0.2, 0) is 16.1 Å². The summed E-state index contributed by atoms with van der Waals surface area (Å²) in [5.74, 6) is -1.38. The van der Waals surface area contributed by atoms with E-state index in [4.69, 9.17) is 0 Å². The predicted octanol–water partition coefficient (Wildman–Crippen LogP) is 2.41. The Morgan fingerprint density at radius 2 is 2.05 bits per heavy atom. The fourth-order valence-electron chi connectivity index (χ4n) is 1.62. The Kier molecular flexibility index (Phi) is 5.05. The highest BCUT2D eigenvalue weighted by Crippen LogP contribution is 2.20. The number of nitrogens with zero attached hydrogens (tertiary/aromatic N) is 1. The fraction of sp³-hybridized carbons (Fsp3) is 0.133. The summed E-state index contributed by atoms with van der Waals surface area (Å²) in [6.07, 6.45) is 3.28. The number of amides is 2. The van der Waals surface area contributed by atoms with Crippen LogP contribution in [0.5, 0.6) is 0 Å². The molecule has 5 nitrogen and oxygen atoms in total. The van der Waals surface area contributed by atoms with Crippen molar-refractivity contribution in [1.29, 1.82) is 0 Å². The molecule has 0 spiro atoms. The van der Waals surface area contributed by atoms with Crippen LogP contribution in [0.1, 0.15) is 11.1 Å². The van der Waals surface area contributed by atoms with Gasteiger partial charge in [0.25, 0.3) is 0 Å². The molecule has 0 atom stereocenters. The first-order chi connectivity index (χ1) is 10.1. The lowest BCUT2D eigenvalue weighted by Gasteiger charge is -2.07. The molecule has 0 bridgehead atoms. The molecule has 1 heterocycles. The molecule has 0 saturated carbocycles. The van der Waals surface area contributed by atoms with Gasteiger partial charge in [0.15, 0.2) is 0 Å². The van der Waals surface area contributed by atoms with Crippen LogP contribution in [0.3, 0.4) is 0 Å². The second kappa shape index (κ2) is 6.99. The van der Waals surface area contributed by atoms with Crippen LogP contribution in [0.2, 0.25) is 0 Å². The maximum atomic E-state index is 11.8. The fourth-order valence-corrected chi connectivity index (χ4v) is 2.00. The second-order valence-electron chi connectivity index (χ2n) is 4.46. The van der Waals surface area contributed by atoms with E-state index in [1.54, 1.807) is 30.6 Å². The number of anilines is 1. The molecule has 0 unspecified atom stereocenters. The van der Waals surface area contributed by atoms with Crippen LogP contribution in [0.4, 0.5) is 5.69 Å². The molecule has 0 radical (unpaired) electrons. The summed E-state index contributed by atoms with van der Waals surface area (Å²) in [5.41, 5.74) is 2.44. The molecule has 0 fully saturated rings. The van der Waals surface area contributed by atoms with Crippen LogP contribution < -0.4 is 10.6 Å². The highest BCUT2D eigenvalue weighted by Gasteiger charge is 2.13. The van der Waals surface area contributed by atoms with E-state index in [9.17, 15) is 9.59 Å². The molecule has 108 valence electrons. The molecular formula is C15H14BrN3O2. The third-order valence-electron chi connectivity index (χ3n) is 2.81. The minimum absolute atomic E-state index is 0.262. The van der Waals surface area contributed by atoms with E-state index >= 15 is 0 Å². The number of benzene rings is 1. The van der Waals surface area contributed by atoms with Gasteiger partial charge in [-0.1, -0.05) is 28.1 Å². The number of aryl methyl sites for hydroxylation is 1. The largest absolute Gasteiger partial charge is 0.344 e. The summed E-state index contributed by atoms with van der Waals surface area (Å²) in [6, 6.07) is 8.94. The van der Waals surface area contributed by atoms with E-state index in [-0.39, 0.29) is 6.54 Å². The number of carbonyl (C=O) groups is 2. The standard InChI is InChI=1S/C15H14BrN3O2/c1-10-4-5-12(7-13(10)16)19-15(21)14(20)18-9-11-3-2-6-17-8-11/h2-8H,9H2,1H3,(H,18,20)(H,19,21). The zero-order valence-electron chi connectivity index (χ0n) is 11.4. The van der Waals surface area contributed by atoms with Gasteiger partial charge in [-0.3, -0.25) is 14.6 Å². The van der Waals surface area contributed by atoms with Crippen molar-refractivity contribution in [3.8, 4) is 0 Å². The van der Waals surface area contributed by atoms with Gasteiger partial charge in [-0.05, 0) is 36.2 Å². The Balaban J connectivity index is 1.90. The summed E-state index contributed by atoms with van der Waals surface area (Å²) < 4.78 is 0.871. The second-order valence-corrected chi connectivity index (χ2v) is 5.32. The normalized spacial score (nSPS) is 10.0. The van der Waals surface area contributed by atoms with E-state index in [1.165, 1.54) is 0 Å². The van der Waals surface area contributed by atoms with Crippen LogP contribution in [-0.4, -0.2) is 16.8 Å². The molecule has 2 aromatic rings. The summed E-state index contributed by atoms with van der Waals surface area (Å²) in [5, 5.41) is 5.09. The SMILES string of the molecule is Cc1ccc(NC(=O)C(=O)NCc2cccnc2)cc1Br. The number of rotatable bonds is 3. The minimum Gasteiger partial charge on any atom is -0.344 e. The summed E-state index contributed by atoms with van der Waals surface area (Å²) in [4.78, 5) is 27.4.